The van der Waals surface area contributed by atoms with Gasteiger partial charge in [-0.25, -0.2) is 0 Å². The highest BCUT2D eigenvalue weighted by Gasteiger charge is 2.25. The highest BCUT2D eigenvalue weighted by molar-refractivity contribution is 7.80. The number of nitrogens with zero attached hydrogens (tertiary/aromatic N) is 2. The molecular weight excluding hydrogens is 442 g/mol. The highest BCUT2D eigenvalue weighted by atomic mass is 35.5. The number of non-ortho nitro benzene ring substituents is 1. The van der Waals surface area contributed by atoms with Crippen molar-refractivity contribution in [3.63, 3.8) is 0 Å². The first-order chi connectivity index (χ1) is 14.9. The second-order valence-corrected chi connectivity index (χ2v) is 7.77. The minimum Gasteiger partial charge on any atom is -0.495 e. The van der Waals surface area contributed by atoms with Gasteiger partial charge in [0.05, 0.1) is 17.1 Å². The number of nitro benzene ring substituents is 1. The van der Waals surface area contributed by atoms with Crippen LogP contribution in [0.3, 0.4) is 0 Å². The van der Waals surface area contributed by atoms with Gasteiger partial charge in [-0.05, 0) is 49.3 Å². The number of nitrogens with one attached hydrogen (secondary N) is 3. The molecule has 2 aromatic carbocycles. The number of methoxy groups -OCH3 is 1. The van der Waals surface area contributed by atoms with E-state index >= 15 is 0 Å². The van der Waals surface area contributed by atoms with Crippen LogP contribution < -0.4 is 25.8 Å². The minimum absolute atomic E-state index is 0.0129. The lowest BCUT2D eigenvalue weighted by Crippen LogP contribution is -2.48. The van der Waals surface area contributed by atoms with Crippen LogP contribution in [0.25, 0.3) is 0 Å². The van der Waals surface area contributed by atoms with E-state index in [1.807, 2.05) is 12.1 Å². The largest absolute Gasteiger partial charge is 0.495 e. The first-order valence-electron chi connectivity index (χ1n) is 9.57. The number of hydrogen-bond donors (Lipinski definition) is 3. The monoisotopic (exact) mass is 463 g/mol. The quantitative estimate of drug-likeness (QED) is 0.351. The number of hydrogen-bond acceptors (Lipinski definition) is 6. The van der Waals surface area contributed by atoms with Crippen LogP contribution in [-0.2, 0) is 4.79 Å². The number of ether oxygens (including phenoxy) is 1. The third-order valence-corrected chi connectivity index (χ3v) is 5.52. The Morgan fingerprint density at radius 2 is 1.87 bits per heavy atom. The molecule has 9 nitrogen and oxygen atoms in total. The molecule has 3 N–H and O–H groups in total. The molecule has 0 unspecified atom stereocenters. The van der Waals surface area contributed by atoms with Gasteiger partial charge in [-0.15, -0.1) is 0 Å². The fourth-order valence-electron chi connectivity index (χ4n) is 3.29. The molecule has 0 aromatic heterocycles. The van der Waals surface area contributed by atoms with Gasteiger partial charge in [0.15, 0.2) is 5.11 Å². The summed E-state index contributed by atoms with van der Waals surface area (Å²) in [5.74, 6) is 0.346. The van der Waals surface area contributed by atoms with Gasteiger partial charge in [-0.3, -0.25) is 25.8 Å². The highest BCUT2D eigenvalue weighted by Crippen LogP contribution is 2.31. The Kier molecular flexibility index (Phi) is 7.48. The first-order valence-corrected chi connectivity index (χ1v) is 10.4. The molecular formula is C20H22ClN5O4S. The third kappa shape index (κ3) is 5.96. The summed E-state index contributed by atoms with van der Waals surface area (Å²) in [6.07, 6.45) is 1.39. The van der Waals surface area contributed by atoms with Crippen molar-refractivity contribution in [3.8, 4) is 5.75 Å². The summed E-state index contributed by atoms with van der Waals surface area (Å²) >= 11 is 11.2. The van der Waals surface area contributed by atoms with Crippen molar-refractivity contribution >= 4 is 51.9 Å². The summed E-state index contributed by atoms with van der Waals surface area (Å²) in [4.78, 5) is 24.9. The fourth-order valence-corrected chi connectivity index (χ4v) is 3.66. The summed E-state index contributed by atoms with van der Waals surface area (Å²) in [5, 5.41) is 14.3. The van der Waals surface area contributed by atoms with Crippen molar-refractivity contribution in [2.75, 3.05) is 30.4 Å². The lowest BCUT2D eigenvalue weighted by atomic mass is 9.96. The van der Waals surface area contributed by atoms with Gasteiger partial charge in [0.2, 0.25) is 5.91 Å². The van der Waals surface area contributed by atoms with Gasteiger partial charge >= 0.3 is 0 Å². The summed E-state index contributed by atoms with van der Waals surface area (Å²) < 4.78 is 5.27. The van der Waals surface area contributed by atoms with Crippen LogP contribution in [0.4, 0.5) is 17.1 Å². The Bertz CT molecular complexity index is 965. The molecule has 1 fully saturated rings. The van der Waals surface area contributed by atoms with Gasteiger partial charge < -0.3 is 15.0 Å². The number of carbonyl (C=O) groups is 1. The summed E-state index contributed by atoms with van der Waals surface area (Å²) in [6, 6.07) is 11.4. The lowest BCUT2D eigenvalue weighted by molar-refractivity contribution is -0.384. The summed E-state index contributed by atoms with van der Waals surface area (Å²) in [7, 11) is 1.58. The average Bonchev–Trinajstić information content (AvgIpc) is 2.78. The molecule has 1 saturated heterocycles. The maximum Gasteiger partial charge on any atom is 0.269 e. The van der Waals surface area contributed by atoms with E-state index in [4.69, 9.17) is 28.6 Å². The smallest absolute Gasteiger partial charge is 0.269 e. The second kappa shape index (κ2) is 10.3. The zero-order valence-corrected chi connectivity index (χ0v) is 18.3. The summed E-state index contributed by atoms with van der Waals surface area (Å²) in [6.45, 7) is 1.46. The summed E-state index contributed by atoms with van der Waals surface area (Å²) in [5.41, 5.74) is 6.86. The van der Waals surface area contributed by atoms with E-state index in [0.717, 1.165) is 18.8 Å². The van der Waals surface area contributed by atoms with Crippen molar-refractivity contribution in [1.82, 2.24) is 10.9 Å². The number of rotatable bonds is 5. The zero-order chi connectivity index (χ0) is 22.4. The van der Waals surface area contributed by atoms with Crippen LogP contribution in [0.2, 0.25) is 5.02 Å². The van der Waals surface area contributed by atoms with Crippen LogP contribution in [0.1, 0.15) is 12.8 Å². The van der Waals surface area contributed by atoms with Crippen LogP contribution in [0.5, 0.6) is 5.75 Å². The SMILES string of the molecule is COc1cc(N2CCC(C(=O)NNC(=S)Nc3ccc([N+](=O)[O-])cc3)CC2)ccc1Cl. The van der Waals surface area contributed by atoms with E-state index in [9.17, 15) is 14.9 Å². The standard InChI is InChI=1S/C20H22ClN5O4S/c1-30-18-12-16(6-7-17(18)21)25-10-8-13(9-11-25)19(27)23-24-20(31)22-14-2-4-15(5-3-14)26(28)29/h2-7,12-13H,8-11H2,1H3,(H,23,27)(H2,22,24,31). The van der Waals surface area contributed by atoms with Crippen LogP contribution in [0.15, 0.2) is 42.5 Å². The van der Waals surface area contributed by atoms with Gasteiger partial charge in [0.25, 0.3) is 5.69 Å². The first kappa shape index (κ1) is 22.6. The molecule has 0 saturated carbocycles. The van der Waals surface area contributed by atoms with E-state index in [1.165, 1.54) is 24.3 Å². The number of anilines is 2. The number of carbonyl (C=O) groups excluding carboxylic acids is 1. The number of piperidine rings is 1. The predicted molar refractivity (Wildman–Crippen MR) is 124 cm³/mol. The molecule has 0 radical (unpaired) electrons. The third-order valence-electron chi connectivity index (χ3n) is 5.00. The fraction of sp³-hybridized carbons (Fsp3) is 0.300. The number of amides is 1. The van der Waals surface area contributed by atoms with Crippen molar-refractivity contribution in [1.29, 1.82) is 0 Å². The normalized spacial score (nSPS) is 13.9. The average molecular weight is 464 g/mol. The van der Waals surface area contributed by atoms with Gasteiger partial charge in [0, 0.05) is 48.6 Å². The van der Waals surface area contributed by atoms with E-state index in [2.05, 4.69) is 21.1 Å². The number of hydrazine groups is 1. The molecule has 1 heterocycles. The van der Waals surface area contributed by atoms with Crippen LogP contribution >= 0.6 is 23.8 Å². The van der Waals surface area contributed by atoms with Crippen molar-refractivity contribution in [2.45, 2.75) is 12.8 Å². The molecule has 0 bridgehead atoms. The lowest BCUT2D eigenvalue weighted by Gasteiger charge is -2.33. The Morgan fingerprint density at radius 1 is 1.19 bits per heavy atom. The van der Waals surface area contributed by atoms with E-state index < -0.39 is 4.92 Å². The zero-order valence-electron chi connectivity index (χ0n) is 16.8. The van der Waals surface area contributed by atoms with E-state index in [-0.39, 0.29) is 22.6 Å². The van der Waals surface area contributed by atoms with Crippen molar-refractivity contribution in [2.24, 2.45) is 5.92 Å². The Hall–Kier alpha value is -3.11. The van der Waals surface area contributed by atoms with Gasteiger partial charge in [-0.2, -0.15) is 0 Å². The molecule has 0 atom stereocenters. The van der Waals surface area contributed by atoms with Gasteiger partial charge in [0.1, 0.15) is 5.75 Å². The molecule has 1 aliphatic heterocycles. The van der Waals surface area contributed by atoms with Crippen molar-refractivity contribution < 1.29 is 14.5 Å². The Labute approximate surface area is 189 Å². The van der Waals surface area contributed by atoms with Crippen LogP contribution in [0, 0.1) is 16.0 Å². The molecule has 11 heteroatoms. The molecule has 1 aliphatic rings. The number of nitro groups is 1. The van der Waals surface area contributed by atoms with Crippen LogP contribution in [-0.4, -0.2) is 36.1 Å². The van der Waals surface area contributed by atoms with Gasteiger partial charge in [-0.1, -0.05) is 11.6 Å². The van der Waals surface area contributed by atoms with Crippen molar-refractivity contribution in [3.05, 3.63) is 57.6 Å². The molecule has 164 valence electrons. The molecule has 1 amide bonds. The molecule has 3 rings (SSSR count). The topological polar surface area (TPSA) is 109 Å². The predicted octanol–water partition coefficient (Wildman–Crippen LogP) is 3.49. The Morgan fingerprint density at radius 3 is 2.48 bits per heavy atom. The minimum atomic E-state index is -0.477. The Balaban J connectivity index is 1.44. The van der Waals surface area contributed by atoms with E-state index in [0.29, 0.717) is 29.3 Å². The molecule has 2 aromatic rings. The second-order valence-electron chi connectivity index (χ2n) is 6.95. The molecule has 0 aliphatic carbocycles. The molecule has 0 spiro atoms. The number of halogens is 1. The maximum atomic E-state index is 12.5. The van der Waals surface area contributed by atoms with E-state index in [1.54, 1.807) is 13.2 Å². The number of benzene rings is 2. The maximum absolute atomic E-state index is 12.5. The molecule has 31 heavy (non-hydrogen) atoms. The number of thiocarbonyl (C=S) groups is 1.